The van der Waals surface area contributed by atoms with Gasteiger partial charge in [0.25, 0.3) is 0 Å². The van der Waals surface area contributed by atoms with E-state index in [1.807, 2.05) is 53.7 Å². The maximum Gasteiger partial charge on any atom is 0.0666 e. The van der Waals surface area contributed by atoms with Crippen LogP contribution >= 0.6 is 0 Å². The van der Waals surface area contributed by atoms with Gasteiger partial charge in [-0.25, -0.2) is 0 Å². The Labute approximate surface area is 149 Å². The summed E-state index contributed by atoms with van der Waals surface area (Å²) in [6.45, 7) is 2.81. The van der Waals surface area contributed by atoms with Gasteiger partial charge in [-0.05, 0) is 35.8 Å². The molecule has 0 N–H and O–H groups in total. The zero-order chi connectivity index (χ0) is 17.3. The Morgan fingerprint density at radius 2 is 1.36 bits per heavy atom. The second-order valence-corrected chi connectivity index (χ2v) is 5.92. The number of benzene rings is 3. The van der Waals surface area contributed by atoms with Crippen LogP contribution < -0.4 is 5.01 Å². The number of nitrogens with zero attached hydrogens (tertiary/aromatic N) is 2. The average Bonchev–Trinajstić information content (AvgIpc) is 2.67. The summed E-state index contributed by atoms with van der Waals surface area (Å²) in [7, 11) is 0. The molecule has 25 heavy (non-hydrogen) atoms. The van der Waals surface area contributed by atoms with Crippen molar-refractivity contribution in [2.24, 2.45) is 5.10 Å². The second-order valence-electron chi connectivity index (χ2n) is 5.92. The van der Waals surface area contributed by atoms with Crippen molar-refractivity contribution in [2.75, 3.05) is 5.01 Å². The summed E-state index contributed by atoms with van der Waals surface area (Å²) in [5, 5.41) is 6.75. The molecular weight excluding hydrogens is 304 g/mol. The monoisotopic (exact) mass is 326 g/mol. The van der Waals surface area contributed by atoms with Crippen molar-refractivity contribution in [1.29, 1.82) is 0 Å². The number of hydrazone groups is 1. The Hall–Kier alpha value is -3.13. The third-order valence-corrected chi connectivity index (χ3v) is 3.82. The lowest BCUT2D eigenvalue weighted by Crippen LogP contribution is -2.15. The quantitative estimate of drug-likeness (QED) is 0.414. The summed E-state index contributed by atoms with van der Waals surface area (Å²) in [5.41, 5.74) is 4.60. The maximum absolute atomic E-state index is 4.73. The van der Waals surface area contributed by atoms with E-state index in [1.54, 1.807) is 0 Å². The highest BCUT2D eigenvalue weighted by Crippen LogP contribution is 2.17. The van der Waals surface area contributed by atoms with Crippen LogP contribution in [0.5, 0.6) is 0 Å². The molecule has 0 aromatic heterocycles. The molecule has 3 rings (SSSR count). The number of hydrogen-bond acceptors (Lipinski definition) is 2. The van der Waals surface area contributed by atoms with Crippen LogP contribution in [-0.4, -0.2) is 6.21 Å². The maximum atomic E-state index is 4.73. The lowest BCUT2D eigenvalue weighted by molar-refractivity contribution is 0.858. The van der Waals surface area contributed by atoms with Crippen LogP contribution in [0.3, 0.4) is 0 Å². The molecule has 0 heterocycles. The number of rotatable bonds is 6. The highest BCUT2D eigenvalue weighted by atomic mass is 15.4. The van der Waals surface area contributed by atoms with Gasteiger partial charge < -0.3 is 0 Å². The smallest absolute Gasteiger partial charge is 0.0666 e. The van der Waals surface area contributed by atoms with Crippen molar-refractivity contribution in [3.05, 3.63) is 108 Å². The van der Waals surface area contributed by atoms with E-state index < -0.39 is 0 Å². The SMILES string of the molecule is CC(=C/c1ccccc1)/C=N/N(Cc1ccccc1)c1ccccc1. The van der Waals surface area contributed by atoms with Gasteiger partial charge >= 0.3 is 0 Å². The fourth-order valence-electron chi connectivity index (χ4n) is 2.57. The van der Waals surface area contributed by atoms with Crippen molar-refractivity contribution in [3.63, 3.8) is 0 Å². The van der Waals surface area contributed by atoms with E-state index in [-0.39, 0.29) is 0 Å². The zero-order valence-corrected chi connectivity index (χ0v) is 14.4. The molecule has 0 atom stereocenters. The summed E-state index contributed by atoms with van der Waals surface area (Å²) in [4.78, 5) is 0. The van der Waals surface area contributed by atoms with Crippen molar-refractivity contribution >= 4 is 18.0 Å². The standard InChI is InChI=1S/C23H22N2/c1-20(17-21-11-5-2-6-12-21)18-24-25(23-15-9-4-10-16-23)19-22-13-7-3-8-14-22/h2-18H,19H2,1H3/b20-17-,24-18+. The summed E-state index contributed by atoms with van der Waals surface area (Å²) in [5.74, 6) is 0. The molecule has 3 aromatic carbocycles. The fourth-order valence-corrected chi connectivity index (χ4v) is 2.57. The normalized spacial score (nSPS) is 11.6. The first kappa shape index (κ1) is 16.7. The Morgan fingerprint density at radius 3 is 2.00 bits per heavy atom. The van der Waals surface area contributed by atoms with Gasteiger partial charge in [0.1, 0.15) is 0 Å². The van der Waals surface area contributed by atoms with Gasteiger partial charge in [0.05, 0.1) is 18.4 Å². The minimum Gasteiger partial charge on any atom is -0.261 e. The van der Waals surface area contributed by atoms with Gasteiger partial charge in [0.2, 0.25) is 0 Å². The minimum atomic E-state index is 0.736. The lowest BCUT2D eigenvalue weighted by atomic mass is 10.1. The summed E-state index contributed by atoms with van der Waals surface area (Å²) >= 11 is 0. The van der Waals surface area contributed by atoms with Crippen LogP contribution in [0.1, 0.15) is 18.1 Å². The Bertz CT molecular complexity index is 822. The highest BCUT2D eigenvalue weighted by molar-refractivity contribution is 5.85. The highest BCUT2D eigenvalue weighted by Gasteiger charge is 2.05. The number of anilines is 1. The lowest BCUT2D eigenvalue weighted by Gasteiger charge is -2.19. The number of allylic oxidation sites excluding steroid dienone is 1. The minimum absolute atomic E-state index is 0.736. The summed E-state index contributed by atoms with van der Waals surface area (Å²) < 4.78 is 0. The van der Waals surface area contributed by atoms with Crippen LogP contribution in [0.4, 0.5) is 5.69 Å². The molecule has 2 heteroatoms. The van der Waals surface area contributed by atoms with Crippen molar-refractivity contribution in [2.45, 2.75) is 13.5 Å². The molecule has 0 saturated carbocycles. The molecule has 0 aliphatic heterocycles. The van der Waals surface area contributed by atoms with Crippen LogP contribution in [0.25, 0.3) is 6.08 Å². The van der Waals surface area contributed by atoms with E-state index in [2.05, 4.69) is 61.5 Å². The predicted octanol–water partition coefficient (Wildman–Crippen LogP) is 5.78. The van der Waals surface area contributed by atoms with E-state index in [0.29, 0.717) is 0 Å². The third kappa shape index (κ3) is 5.18. The molecule has 0 fully saturated rings. The van der Waals surface area contributed by atoms with Gasteiger partial charge in [0.15, 0.2) is 0 Å². The van der Waals surface area contributed by atoms with Crippen molar-refractivity contribution < 1.29 is 0 Å². The average molecular weight is 326 g/mol. The molecule has 0 unspecified atom stereocenters. The van der Waals surface area contributed by atoms with E-state index in [1.165, 1.54) is 11.1 Å². The number of hydrogen-bond donors (Lipinski definition) is 0. The molecular formula is C23H22N2. The molecule has 0 aliphatic rings. The van der Waals surface area contributed by atoms with Crippen LogP contribution in [0.15, 0.2) is 102 Å². The number of para-hydroxylation sites is 1. The molecule has 0 amide bonds. The molecule has 2 nitrogen and oxygen atoms in total. The third-order valence-electron chi connectivity index (χ3n) is 3.82. The molecule has 0 radical (unpaired) electrons. The summed E-state index contributed by atoms with van der Waals surface area (Å²) in [6.07, 6.45) is 4.05. The largest absolute Gasteiger partial charge is 0.261 e. The molecule has 0 aliphatic carbocycles. The van der Waals surface area contributed by atoms with Gasteiger partial charge in [-0.2, -0.15) is 5.10 Å². The van der Waals surface area contributed by atoms with E-state index >= 15 is 0 Å². The van der Waals surface area contributed by atoms with Gasteiger partial charge in [-0.15, -0.1) is 0 Å². The van der Waals surface area contributed by atoms with Crippen LogP contribution in [0.2, 0.25) is 0 Å². The van der Waals surface area contributed by atoms with Crippen molar-refractivity contribution in [1.82, 2.24) is 0 Å². The first-order chi connectivity index (χ1) is 12.3. The molecule has 124 valence electrons. The van der Waals surface area contributed by atoms with E-state index in [4.69, 9.17) is 5.10 Å². The molecule has 0 spiro atoms. The van der Waals surface area contributed by atoms with Gasteiger partial charge in [0, 0.05) is 0 Å². The molecule has 0 bridgehead atoms. The Morgan fingerprint density at radius 1 is 0.800 bits per heavy atom. The van der Waals surface area contributed by atoms with Crippen LogP contribution in [0, 0.1) is 0 Å². The van der Waals surface area contributed by atoms with E-state index in [0.717, 1.165) is 17.8 Å². The van der Waals surface area contributed by atoms with E-state index in [9.17, 15) is 0 Å². The first-order valence-electron chi connectivity index (χ1n) is 8.45. The Kier molecular flexibility index (Phi) is 5.78. The van der Waals surface area contributed by atoms with Gasteiger partial charge in [-0.3, -0.25) is 5.01 Å². The van der Waals surface area contributed by atoms with Gasteiger partial charge in [-0.1, -0.05) is 84.9 Å². The molecule has 3 aromatic rings. The second kappa shape index (κ2) is 8.65. The summed E-state index contributed by atoms with van der Waals surface area (Å²) in [6, 6.07) is 31.0. The Balaban J connectivity index is 1.81. The van der Waals surface area contributed by atoms with Crippen molar-refractivity contribution in [3.8, 4) is 0 Å². The predicted molar refractivity (Wildman–Crippen MR) is 108 cm³/mol. The van der Waals surface area contributed by atoms with Crippen LogP contribution in [-0.2, 0) is 6.54 Å². The first-order valence-corrected chi connectivity index (χ1v) is 8.45. The molecule has 0 saturated heterocycles. The zero-order valence-electron chi connectivity index (χ0n) is 14.4. The fraction of sp³-hybridized carbons (Fsp3) is 0.0870. The topological polar surface area (TPSA) is 15.6 Å².